The summed E-state index contributed by atoms with van der Waals surface area (Å²) in [5.41, 5.74) is 15.8. The second-order valence-corrected chi connectivity index (χ2v) is 8.16. The van der Waals surface area contributed by atoms with E-state index in [9.17, 15) is 9.59 Å². The van der Waals surface area contributed by atoms with Gasteiger partial charge in [0.2, 0.25) is 0 Å². The molecular weight excluding hydrogens is 412 g/mol. The average molecular weight is 437 g/mol. The number of fused-ring (bicyclic) bond motifs is 3. The van der Waals surface area contributed by atoms with Gasteiger partial charge in [-0.2, -0.15) is 0 Å². The van der Waals surface area contributed by atoms with Crippen LogP contribution in [0.5, 0.6) is 0 Å². The number of carbonyl (C=O) groups excluding carboxylic acids is 2. The van der Waals surface area contributed by atoms with Gasteiger partial charge in [-0.25, -0.2) is 0 Å². The zero-order valence-electron chi connectivity index (χ0n) is 17.1. The second-order valence-electron chi connectivity index (χ2n) is 7.90. The van der Waals surface area contributed by atoms with Crippen molar-refractivity contribution in [3.05, 3.63) is 83.5 Å². The molecule has 0 spiro atoms. The predicted molar refractivity (Wildman–Crippen MR) is 122 cm³/mol. The van der Waals surface area contributed by atoms with Crippen molar-refractivity contribution in [2.45, 2.75) is 5.92 Å². The number of hydrogen-bond donors (Lipinski definition) is 2. The molecule has 2 unspecified atom stereocenters. The Labute approximate surface area is 186 Å². The van der Waals surface area contributed by atoms with E-state index in [2.05, 4.69) is 24.3 Å². The molecule has 0 amide bonds. The Morgan fingerprint density at radius 3 is 2.16 bits per heavy atom. The largest absolute Gasteiger partial charge is 0.464 e. The van der Waals surface area contributed by atoms with Crippen molar-refractivity contribution in [1.29, 1.82) is 0 Å². The van der Waals surface area contributed by atoms with Gasteiger partial charge in [0, 0.05) is 30.5 Å². The normalized spacial score (nSPS) is 21.9. The number of carbonyl (C=O) groups is 2. The van der Waals surface area contributed by atoms with E-state index in [1.165, 1.54) is 0 Å². The number of ketones is 1. The molecule has 0 fully saturated rings. The molecule has 6 heteroatoms. The van der Waals surface area contributed by atoms with Crippen LogP contribution in [0.4, 0.5) is 0 Å². The first-order chi connectivity index (χ1) is 15.1. The Morgan fingerprint density at radius 2 is 1.61 bits per heavy atom. The fraction of sp³-hybridized carbons (Fsp3) is 0.280. The molecule has 4 rings (SSSR count). The lowest BCUT2D eigenvalue weighted by atomic mass is 9.68. The average Bonchev–Trinajstić information content (AvgIpc) is 3.15. The van der Waals surface area contributed by atoms with Crippen LogP contribution in [0.15, 0.2) is 72.3 Å². The third-order valence-corrected chi connectivity index (χ3v) is 6.65. The highest BCUT2D eigenvalue weighted by atomic mass is 35.5. The van der Waals surface area contributed by atoms with Crippen LogP contribution in [0.2, 0.25) is 0 Å². The Morgan fingerprint density at radius 1 is 1.00 bits per heavy atom. The topological polar surface area (TPSA) is 95.4 Å². The highest BCUT2D eigenvalue weighted by Crippen LogP contribution is 2.45. The molecule has 4 N–H and O–H groups in total. The number of benzene rings is 2. The number of Topliss-reactive ketones (excluding diaryl/α,β-unsaturated/α-hetero) is 1. The van der Waals surface area contributed by atoms with Crippen molar-refractivity contribution in [2.75, 3.05) is 25.6 Å². The third-order valence-electron chi connectivity index (χ3n) is 6.41. The molecule has 0 heterocycles. The lowest BCUT2D eigenvalue weighted by Gasteiger charge is -2.37. The molecule has 2 aromatic rings. The molecule has 0 aromatic heterocycles. The quantitative estimate of drug-likeness (QED) is 0.513. The lowest BCUT2D eigenvalue weighted by Crippen LogP contribution is -2.50. The van der Waals surface area contributed by atoms with Gasteiger partial charge < -0.3 is 16.2 Å². The highest BCUT2D eigenvalue weighted by molar-refractivity contribution is 6.30. The van der Waals surface area contributed by atoms with Gasteiger partial charge in [0.25, 0.3) is 0 Å². The van der Waals surface area contributed by atoms with Crippen LogP contribution < -0.4 is 11.5 Å². The minimum atomic E-state index is -1.20. The van der Waals surface area contributed by atoms with Gasteiger partial charge >= 0.3 is 5.97 Å². The molecule has 2 aliphatic carbocycles. The summed E-state index contributed by atoms with van der Waals surface area (Å²) in [6.07, 6.45) is 5.03. The number of halogens is 1. The first-order valence-electron chi connectivity index (χ1n) is 10.3. The van der Waals surface area contributed by atoms with E-state index >= 15 is 0 Å². The van der Waals surface area contributed by atoms with Gasteiger partial charge in [0.15, 0.2) is 5.78 Å². The molecule has 0 aliphatic heterocycles. The Hall–Kier alpha value is -2.73. The number of esters is 1. The summed E-state index contributed by atoms with van der Waals surface area (Å²) in [6, 6.07) is 16.3. The van der Waals surface area contributed by atoms with Gasteiger partial charge in [-0.15, -0.1) is 11.6 Å². The maximum Gasteiger partial charge on any atom is 0.317 e. The summed E-state index contributed by atoms with van der Waals surface area (Å²) < 4.78 is 5.87. The van der Waals surface area contributed by atoms with E-state index in [1.54, 1.807) is 18.2 Å². The first-order valence-corrected chi connectivity index (χ1v) is 10.8. The van der Waals surface area contributed by atoms with Crippen LogP contribution in [-0.4, -0.2) is 37.3 Å². The molecule has 0 radical (unpaired) electrons. The van der Waals surface area contributed by atoms with Gasteiger partial charge in [-0.1, -0.05) is 66.8 Å². The molecule has 31 heavy (non-hydrogen) atoms. The van der Waals surface area contributed by atoms with Gasteiger partial charge in [-0.3, -0.25) is 9.59 Å². The number of ether oxygens (including phenoxy) is 1. The van der Waals surface area contributed by atoms with Crippen molar-refractivity contribution in [2.24, 2.45) is 22.8 Å². The molecule has 160 valence electrons. The van der Waals surface area contributed by atoms with Crippen molar-refractivity contribution in [1.82, 2.24) is 0 Å². The van der Waals surface area contributed by atoms with Crippen molar-refractivity contribution in [3.63, 3.8) is 0 Å². The molecule has 5 nitrogen and oxygen atoms in total. The summed E-state index contributed by atoms with van der Waals surface area (Å²) in [5.74, 6) is -1.55. The van der Waals surface area contributed by atoms with Crippen molar-refractivity contribution < 1.29 is 14.3 Å². The van der Waals surface area contributed by atoms with E-state index in [0.717, 1.165) is 22.3 Å². The molecular formula is C25H25ClN2O3. The number of hydrogen-bond acceptors (Lipinski definition) is 5. The maximum atomic E-state index is 13.4. The van der Waals surface area contributed by atoms with Crippen LogP contribution in [0.3, 0.4) is 0 Å². The van der Waals surface area contributed by atoms with E-state index in [1.807, 2.05) is 24.3 Å². The number of allylic oxidation sites excluding steroid dienone is 2. The SMILES string of the molecule is NCC1C(C(=O)CCl)=CC=CC1(CN)C(=O)OCC1c2ccccc2-c2ccccc21. The Bertz CT molecular complexity index is 1030. The molecule has 2 atom stereocenters. The van der Waals surface area contributed by atoms with Crippen LogP contribution in [-0.2, 0) is 14.3 Å². The summed E-state index contributed by atoms with van der Waals surface area (Å²) >= 11 is 5.76. The zero-order chi connectivity index (χ0) is 22.0. The maximum absolute atomic E-state index is 13.4. The van der Waals surface area contributed by atoms with Gasteiger partial charge in [0.05, 0.1) is 5.88 Å². The van der Waals surface area contributed by atoms with E-state index in [-0.39, 0.29) is 37.3 Å². The molecule has 0 saturated carbocycles. The fourth-order valence-electron chi connectivity index (χ4n) is 4.77. The Balaban J connectivity index is 1.60. The van der Waals surface area contributed by atoms with Gasteiger partial charge in [-0.05, 0) is 22.3 Å². The van der Waals surface area contributed by atoms with Crippen molar-refractivity contribution in [3.8, 4) is 11.1 Å². The van der Waals surface area contributed by atoms with E-state index in [4.69, 9.17) is 27.8 Å². The number of alkyl halides is 1. The van der Waals surface area contributed by atoms with Crippen LogP contribution in [0, 0.1) is 11.3 Å². The third kappa shape index (κ3) is 3.53. The standard InChI is InChI=1S/C25H25ClN2O3/c26-12-23(29)20-10-5-11-25(15-28,22(20)13-27)24(30)31-14-21-18-8-3-1-6-16(18)17-7-2-4-9-19(17)21/h1-11,21-22H,12-15,27-28H2. The summed E-state index contributed by atoms with van der Waals surface area (Å²) in [7, 11) is 0. The van der Waals surface area contributed by atoms with Crippen LogP contribution >= 0.6 is 11.6 Å². The summed E-state index contributed by atoms with van der Waals surface area (Å²) in [4.78, 5) is 25.7. The fourth-order valence-corrected chi connectivity index (χ4v) is 4.93. The number of nitrogens with two attached hydrogens (primary N) is 2. The first kappa shape index (κ1) is 21.5. The number of rotatable bonds is 7. The van der Waals surface area contributed by atoms with E-state index < -0.39 is 17.3 Å². The van der Waals surface area contributed by atoms with E-state index in [0.29, 0.717) is 5.57 Å². The molecule has 0 bridgehead atoms. The molecule has 2 aromatic carbocycles. The second kappa shape index (κ2) is 8.79. The molecule has 0 saturated heterocycles. The smallest absolute Gasteiger partial charge is 0.317 e. The minimum Gasteiger partial charge on any atom is -0.464 e. The summed E-state index contributed by atoms with van der Waals surface area (Å²) in [5, 5.41) is 0. The molecule has 2 aliphatic rings. The monoisotopic (exact) mass is 436 g/mol. The zero-order valence-corrected chi connectivity index (χ0v) is 17.8. The lowest BCUT2D eigenvalue weighted by molar-refractivity contribution is -0.155. The van der Waals surface area contributed by atoms with Crippen LogP contribution in [0.1, 0.15) is 17.0 Å². The Kier molecular flexibility index (Phi) is 6.10. The minimum absolute atomic E-state index is 0.0189. The summed E-state index contributed by atoms with van der Waals surface area (Å²) in [6.45, 7) is 0.247. The van der Waals surface area contributed by atoms with Gasteiger partial charge in [0.1, 0.15) is 12.0 Å². The van der Waals surface area contributed by atoms with Crippen LogP contribution in [0.25, 0.3) is 11.1 Å². The van der Waals surface area contributed by atoms with Crippen molar-refractivity contribution >= 4 is 23.4 Å². The predicted octanol–water partition coefficient (Wildman–Crippen LogP) is 3.17. The highest BCUT2D eigenvalue weighted by Gasteiger charge is 2.47.